The average Bonchev–Trinajstić information content (AvgIpc) is 3.46. The number of halogens is 1. The molecule has 1 fully saturated rings. The fourth-order valence-electron chi connectivity index (χ4n) is 4.72. The summed E-state index contributed by atoms with van der Waals surface area (Å²) in [5, 5.41) is 10.4. The van der Waals surface area contributed by atoms with Gasteiger partial charge in [-0.05, 0) is 54.7 Å². The van der Waals surface area contributed by atoms with Gasteiger partial charge in [0.1, 0.15) is 17.2 Å². The van der Waals surface area contributed by atoms with Crippen molar-refractivity contribution in [2.24, 2.45) is 0 Å². The maximum absolute atomic E-state index is 12.8. The summed E-state index contributed by atoms with van der Waals surface area (Å²) in [6, 6.07) is 15.5. The monoisotopic (exact) mass is 481 g/mol. The van der Waals surface area contributed by atoms with Crippen LogP contribution in [0.4, 0.5) is 0 Å². The van der Waals surface area contributed by atoms with Gasteiger partial charge in [-0.3, -0.25) is 8.75 Å². The molecular weight excluding hydrogens is 458 g/mol. The quantitative estimate of drug-likeness (QED) is 0.436. The maximum Gasteiger partial charge on any atom is 0.333 e. The van der Waals surface area contributed by atoms with E-state index in [-0.39, 0.29) is 17.7 Å². The molecule has 1 N–H and O–H groups in total. The molecule has 2 aliphatic carbocycles. The van der Waals surface area contributed by atoms with Crippen molar-refractivity contribution in [1.82, 2.24) is 3.96 Å². The van der Waals surface area contributed by atoms with Gasteiger partial charge < -0.3 is 9.84 Å². The maximum atomic E-state index is 12.8. The van der Waals surface area contributed by atoms with Crippen LogP contribution in [0.3, 0.4) is 0 Å². The van der Waals surface area contributed by atoms with Crippen molar-refractivity contribution in [3.8, 4) is 5.75 Å². The van der Waals surface area contributed by atoms with Gasteiger partial charge >= 0.3 is 5.97 Å². The molecule has 0 spiro atoms. The average molecular weight is 482 g/mol. The predicted octanol–water partition coefficient (Wildman–Crippen LogP) is 6.03. The largest absolute Gasteiger partial charge is 0.491 e. The van der Waals surface area contributed by atoms with E-state index in [2.05, 4.69) is 0 Å². The minimum absolute atomic E-state index is 0.000597. The first kappa shape index (κ1) is 22.0. The van der Waals surface area contributed by atoms with Crippen LogP contribution in [-0.4, -0.2) is 26.5 Å². The number of aromatic nitrogens is 1. The van der Waals surface area contributed by atoms with Crippen molar-refractivity contribution in [1.29, 1.82) is 0 Å². The fourth-order valence-corrected chi connectivity index (χ4v) is 6.24. The van der Waals surface area contributed by atoms with Crippen LogP contribution in [0.1, 0.15) is 43.7 Å². The summed E-state index contributed by atoms with van der Waals surface area (Å²) in [7, 11) is 0. The molecule has 3 aromatic rings. The van der Waals surface area contributed by atoms with Crippen molar-refractivity contribution in [2.75, 3.05) is 6.61 Å². The molecule has 1 atom stereocenters. The fraction of sp³-hybridized carbons (Fsp3) is 0.308. The topological polar surface area (TPSA) is 68.5 Å². The third-order valence-electron chi connectivity index (χ3n) is 6.48. The van der Waals surface area contributed by atoms with E-state index >= 15 is 0 Å². The molecule has 2 aliphatic rings. The number of fused-ring (bicyclic) bond motifs is 1. The molecule has 0 saturated heterocycles. The Labute approximate surface area is 200 Å². The molecule has 170 valence electrons. The van der Waals surface area contributed by atoms with Gasteiger partial charge in [0.2, 0.25) is 0 Å². The Balaban J connectivity index is 1.39. The van der Waals surface area contributed by atoms with Crippen LogP contribution in [-0.2, 0) is 4.79 Å². The molecule has 0 aliphatic heterocycles. The van der Waals surface area contributed by atoms with Crippen molar-refractivity contribution in [3.63, 3.8) is 0 Å². The van der Waals surface area contributed by atoms with Crippen molar-refractivity contribution < 1.29 is 14.6 Å². The molecule has 1 unspecified atom stereocenters. The first-order chi connectivity index (χ1) is 15.9. The number of hydrogen-bond acceptors (Lipinski definition) is 4. The second-order valence-corrected chi connectivity index (χ2v) is 10.4. The van der Waals surface area contributed by atoms with Crippen LogP contribution in [0.15, 0.2) is 71.1 Å². The Morgan fingerprint density at radius 2 is 1.91 bits per heavy atom. The molecule has 0 bridgehead atoms. The van der Waals surface area contributed by atoms with E-state index in [4.69, 9.17) is 16.3 Å². The predicted molar refractivity (Wildman–Crippen MR) is 132 cm³/mol. The highest BCUT2D eigenvalue weighted by Crippen LogP contribution is 2.40. The number of benzene rings is 2. The lowest BCUT2D eigenvalue weighted by atomic mass is 9.84. The van der Waals surface area contributed by atoms with Gasteiger partial charge in [0, 0.05) is 6.04 Å². The molecule has 2 aromatic carbocycles. The molecule has 1 aromatic heterocycles. The number of allylic oxidation sites excluding steroid dienone is 3. The number of carboxylic acids is 1. The first-order valence-corrected chi connectivity index (χ1v) is 12.3. The van der Waals surface area contributed by atoms with Gasteiger partial charge in [-0.2, -0.15) is 0 Å². The highest BCUT2D eigenvalue weighted by Gasteiger charge is 2.40. The highest BCUT2D eigenvalue weighted by molar-refractivity contribution is 7.13. The van der Waals surface area contributed by atoms with Crippen LogP contribution in [0, 0.1) is 0 Å². The van der Waals surface area contributed by atoms with Gasteiger partial charge in [0.05, 0.1) is 15.7 Å². The van der Waals surface area contributed by atoms with Crippen LogP contribution in [0.5, 0.6) is 5.75 Å². The minimum atomic E-state index is -1.20. The molecular formula is C26H24ClNO4S. The summed E-state index contributed by atoms with van der Waals surface area (Å²) in [6.45, 7) is 0.000597. The van der Waals surface area contributed by atoms with Crippen LogP contribution >= 0.6 is 23.1 Å². The Kier molecular flexibility index (Phi) is 5.89. The summed E-state index contributed by atoms with van der Waals surface area (Å²) in [4.78, 5) is 23.5. The van der Waals surface area contributed by atoms with E-state index < -0.39 is 10.8 Å². The summed E-state index contributed by atoms with van der Waals surface area (Å²) in [5.74, 6) is -0.484. The zero-order chi connectivity index (χ0) is 23.0. The van der Waals surface area contributed by atoms with Crippen molar-refractivity contribution in [2.45, 2.75) is 43.0 Å². The lowest BCUT2D eigenvalue weighted by Crippen LogP contribution is -2.37. The summed E-state index contributed by atoms with van der Waals surface area (Å²) in [5.41, 5.74) is 2.13. The second kappa shape index (κ2) is 8.84. The number of carbonyl (C=O) groups is 1. The third kappa shape index (κ3) is 4.25. The summed E-state index contributed by atoms with van der Waals surface area (Å²) < 4.78 is 8.80. The normalized spacial score (nSPS) is 21.1. The minimum Gasteiger partial charge on any atom is -0.491 e. The summed E-state index contributed by atoms with van der Waals surface area (Å²) in [6.07, 6.45) is 8.14. The molecule has 5 rings (SSSR count). The van der Waals surface area contributed by atoms with Gasteiger partial charge in [-0.1, -0.05) is 60.8 Å². The van der Waals surface area contributed by atoms with Crippen LogP contribution < -0.4 is 10.3 Å². The molecule has 1 saturated carbocycles. The number of aliphatic carboxylic acids is 1. The Bertz CT molecular complexity index is 1320. The van der Waals surface area contributed by atoms with E-state index in [0.717, 1.165) is 41.5 Å². The van der Waals surface area contributed by atoms with E-state index in [9.17, 15) is 14.7 Å². The summed E-state index contributed by atoms with van der Waals surface area (Å²) >= 11 is 8.37. The zero-order valence-electron chi connectivity index (χ0n) is 18.0. The molecule has 0 amide bonds. The molecule has 5 nitrogen and oxygen atoms in total. The van der Waals surface area contributed by atoms with Gasteiger partial charge in [0.15, 0.2) is 0 Å². The molecule has 33 heavy (non-hydrogen) atoms. The Morgan fingerprint density at radius 1 is 1.15 bits per heavy atom. The second-order valence-electron chi connectivity index (χ2n) is 8.69. The van der Waals surface area contributed by atoms with Crippen LogP contribution in [0.25, 0.3) is 15.7 Å². The van der Waals surface area contributed by atoms with Crippen LogP contribution in [0.2, 0.25) is 0 Å². The highest BCUT2D eigenvalue weighted by atomic mass is 35.5. The van der Waals surface area contributed by atoms with Gasteiger partial charge in [-0.25, -0.2) is 4.79 Å². The Hall–Kier alpha value is -2.83. The van der Waals surface area contributed by atoms with Gasteiger partial charge in [0.25, 0.3) is 5.56 Å². The third-order valence-corrected chi connectivity index (χ3v) is 8.13. The lowest BCUT2D eigenvalue weighted by molar-refractivity contribution is -0.133. The molecule has 1 heterocycles. The lowest BCUT2D eigenvalue weighted by Gasteiger charge is -2.31. The number of ether oxygens (including phenoxy) is 1. The number of alkyl halides is 1. The number of nitrogens with zero attached hydrogens (tertiary/aromatic N) is 1. The van der Waals surface area contributed by atoms with E-state index in [0.29, 0.717) is 23.6 Å². The van der Waals surface area contributed by atoms with Gasteiger partial charge in [-0.15, -0.1) is 11.6 Å². The molecule has 0 radical (unpaired) electrons. The molecule has 7 heteroatoms. The van der Waals surface area contributed by atoms with Crippen molar-refractivity contribution >= 4 is 44.8 Å². The first-order valence-electron chi connectivity index (χ1n) is 11.1. The SMILES string of the molecule is O=C(O)C1=CC=C(c2ccccc2)CC1(Cl)COc1ccc2c(=O)n(C3CCCC3)sc2c1. The van der Waals surface area contributed by atoms with E-state index in [1.165, 1.54) is 11.5 Å². The van der Waals surface area contributed by atoms with Crippen molar-refractivity contribution in [3.05, 3.63) is 82.2 Å². The number of carboxylic acid groups (broad SMARTS) is 1. The van der Waals surface area contributed by atoms with E-state index in [1.54, 1.807) is 18.2 Å². The zero-order valence-corrected chi connectivity index (χ0v) is 19.6. The number of hydrogen-bond donors (Lipinski definition) is 1. The number of rotatable bonds is 6. The Morgan fingerprint density at radius 3 is 2.64 bits per heavy atom. The standard InChI is InChI=1S/C26H24ClNO4S/c27-26(15-18(10-13-22(26)25(30)31)17-6-2-1-3-7-17)16-32-20-11-12-21-23(14-20)33-28(24(21)29)19-8-4-5-9-19/h1-3,6-7,10-14,19H,4-5,8-9,15-16H2,(H,30,31). The van der Waals surface area contributed by atoms with E-state index in [1.807, 2.05) is 46.4 Å². The smallest absolute Gasteiger partial charge is 0.333 e.